The van der Waals surface area contributed by atoms with Crippen LogP contribution < -0.4 is 0 Å². The minimum absolute atomic E-state index is 0.0179. The Morgan fingerprint density at radius 1 is 1.20 bits per heavy atom. The van der Waals surface area contributed by atoms with Crippen molar-refractivity contribution in [2.45, 2.75) is 32.3 Å². The number of aliphatic hydroxyl groups excluding tert-OH is 1. The molecule has 3 atom stereocenters. The van der Waals surface area contributed by atoms with Gasteiger partial charge in [-0.05, 0) is 17.5 Å². The highest BCUT2D eigenvalue weighted by Crippen LogP contribution is 2.44. The molecular weight excluding hydrogens is 311 g/mol. The SMILES string of the molecule is CCC(C)C(c1ccccc1)C(O)c1cc(Cl)sc1Cl. The van der Waals surface area contributed by atoms with Crippen LogP contribution in [0.2, 0.25) is 8.67 Å². The van der Waals surface area contributed by atoms with Crippen LogP contribution in [0.15, 0.2) is 36.4 Å². The Morgan fingerprint density at radius 2 is 1.85 bits per heavy atom. The van der Waals surface area contributed by atoms with Crippen molar-refractivity contribution in [3.8, 4) is 0 Å². The maximum Gasteiger partial charge on any atom is 0.100 e. The summed E-state index contributed by atoms with van der Waals surface area (Å²) in [6.45, 7) is 4.29. The van der Waals surface area contributed by atoms with Crippen LogP contribution in [0.25, 0.3) is 0 Å². The van der Waals surface area contributed by atoms with Crippen LogP contribution in [0, 0.1) is 5.92 Å². The molecule has 108 valence electrons. The van der Waals surface area contributed by atoms with Crippen molar-refractivity contribution >= 4 is 34.5 Å². The topological polar surface area (TPSA) is 20.2 Å². The number of rotatable bonds is 5. The van der Waals surface area contributed by atoms with Gasteiger partial charge >= 0.3 is 0 Å². The molecule has 0 aliphatic heterocycles. The maximum atomic E-state index is 10.8. The molecule has 0 spiro atoms. The van der Waals surface area contributed by atoms with Gasteiger partial charge in [-0.15, -0.1) is 11.3 Å². The van der Waals surface area contributed by atoms with E-state index >= 15 is 0 Å². The highest BCUT2D eigenvalue weighted by molar-refractivity contribution is 7.20. The van der Waals surface area contributed by atoms with E-state index in [2.05, 4.69) is 26.0 Å². The molecular formula is C16H18Cl2OS. The highest BCUT2D eigenvalue weighted by atomic mass is 35.5. The van der Waals surface area contributed by atoms with Gasteiger partial charge in [0.2, 0.25) is 0 Å². The van der Waals surface area contributed by atoms with E-state index in [4.69, 9.17) is 23.2 Å². The van der Waals surface area contributed by atoms with E-state index in [1.807, 2.05) is 18.2 Å². The largest absolute Gasteiger partial charge is 0.388 e. The third-order valence-corrected chi connectivity index (χ3v) is 5.30. The second-order valence-corrected chi connectivity index (χ2v) is 7.33. The monoisotopic (exact) mass is 328 g/mol. The van der Waals surface area contributed by atoms with Gasteiger partial charge in [0.1, 0.15) is 4.34 Å². The average Bonchev–Trinajstić information content (AvgIpc) is 2.79. The molecule has 0 aliphatic rings. The quantitative estimate of drug-likeness (QED) is 0.722. The van der Waals surface area contributed by atoms with Gasteiger partial charge in [0, 0.05) is 11.5 Å². The van der Waals surface area contributed by atoms with Crippen molar-refractivity contribution in [1.82, 2.24) is 0 Å². The first kappa shape index (κ1) is 15.8. The number of hydrogen-bond acceptors (Lipinski definition) is 2. The molecule has 0 fully saturated rings. The van der Waals surface area contributed by atoms with E-state index < -0.39 is 6.10 Å². The summed E-state index contributed by atoms with van der Waals surface area (Å²) in [5, 5.41) is 10.8. The summed E-state index contributed by atoms with van der Waals surface area (Å²) in [4.78, 5) is 0. The predicted molar refractivity (Wildman–Crippen MR) is 87.9 cm³/mol. The summed E-state index contributed by atoms with van der Waals surface area (Å²) >= 11 is 13.5. The van der Waals surface area contributed by atoms with Crippen LogP contribution in [0.5, 0.6) is 0 Å². The van der Waals surface area contributed by atoms with Crippen LogP contribution >= 0.6 is 34.5 Å². The van der Waals surface area contributed by atoms with Crippen LogP contribution in [0.4, 0.5) is 0 Å². The summed E-state index contributed by atoms with van der Waals surface area (Å²) in [5.41, 5.74) is 1.86. The zero-order chi connectivity index (χ0) is 14.7. The van der Waals surface area contributed by atoms with Crippen molar-refractivity contribution in [1.29, 1.82) is 0 Å². The molecule has 2 rings (SSSR count). The lowest BCUT2D eigenvalue weighted by molar-refractivity contribution is 0.118. The fourth-order valence-corrected chi connectivity index (χ4v) is 4.04. The van der Waals surface area contributed by atoms with E-state index in [1.54, 1.807) is 6.07 Å². The van der Waals surface area contributed by atoms with E-state index in [0.29, 0.717) is 14.6 Å². The summed E-state index contributed by atoms with van der Waals surface area (Å²) in [6.07, 6.45) is 0.357. The van der Waals surface area contributed by atoms with Crippen molar-refractivity contribution in [2.75, 3.05) is 0 Å². The number of thiophene rings is 1. The summed E-state index contributed by atoms with van der Waals surface area (Å²) in [5.74, 6) is 0.367. The van der Waals surface area contributed by atoms with E-state index in [9.17, 15) is 5.11 Å². The molecule has 1 heterocycles. The van der Waals surface area contributed by atoms with Crippen LogP contribution in [-0.4, -0.2) is 5.11 Å². The molecule has 0 radical (unpaired) electrons. The summed E-state index contributed by atoms with van der Waals surface area (Å²) < 4.78 is 1.19. The van der Waals surface area contributed by atoms with Crippen molar-refractivity contribution in [3.05, 3.63) is 56.2 Å². The molecule has 1 aromatic heterocycles. The van der Waals surface area contributed by atoms with Crippen molar-refractivity contribution in [3.63, 3.8) is 0 Å². The Balaban J connectivity index is 2.39. The minimum Gasteiger partial charge on any atom is -0.388 e. The Morgan fingerprint density at radius 3 is 2.35 bits per heavy atom. The first-order valence-electron chi connectivity index (χ1n) is 6.72. The fourth-order valence-electron chi connectivity index (χ4n) is 2.50. The van der Waals surface area contributed by atoms with Gasteiger partial charge in [0.15, 0.2) is 0 Å². The standard InChI is InChI=1S/C16H18Cl2OS/c1-3-10(2)14(11-7-5-4-6-8-11)15(19)12-9-13(17)20-16(12)18/h4-10,14-15,19H,3H2,1-2H3. The van der Waals surface area contributed by atoms with Crippen molar-refractivity contribution < 1.29 is 5.11 Å². The second-order valence-electron chi connectivity index (χ2n) is 5.05. The first-order chi connectivity index (χ1) is 9.54. The van der Waals surface area contributed by atoms with E-state index in [1.165, 1.54) is 11.3 Å². The Hall–Kier alpha value is -0.540. The van der Waals surface area contributed by atoms with Gasteiger partial charge in [-0.3, -0.25) is 0 Å². The smallest absolute Gasteiger partial charge is 0.100 e. The molecule has 1 aromatic carbocycles. The maximum absolute atomic E-state index is 10.8. The van der Waals surface area contributed by atoms with Crippen LogP contribution in [0.1, 0.15) is 43.4 Å². The van der Waals surface area contributed by atoms with Crippen LogP contribution in [0.3, 0.4) is 0 Å². The fraction of sp³-hybridized carbons (Fsp3) is 0.375. The number of benzene rings is 1. The third kappa shape index (κ3) is 3.37. The average molecular weight is 329 g/mol. The predicted octanol–water partition coefficient (Wildman–Crippen LogP) is 5.92. The zero-order valence-corrected chi connectivity index (χ0v) is 13.8. The van der Waals surface area contributed by atoms with E-state index in [-0.39, 0.29) is 5.92 Å². The van der Waals surface area contributed by atoms with E-state index in [0.717, 1.165) is 17.5 Å². The summed E-state index contributed by atoms with van der Waals surface area (Å²) in [6, 6.07) is 11.9. The van der Waals surface area contributed by atoms with Gasteiger partial charge in [-0.2, -0.15) is 0 Å². The Labute approximate surface area is 134 Å². The highest BCUT2D eigenvalue weighted by Gasteiger charge is 2.29. The second kappa shape index (κ2) is 6.95. The van der Waals surface area contributed by atoms with Gasteiger partial charge < -0.3 is 5.11 Å². The van der Waals surface area contributed by atoms with Gasteiger partial charge in [-0.25, -0.2) is 0 Å². The van der Waals surface area contributed by atoms with Gasteiger partial charge in [0.25, 0.3) is 0 Å². The Kier molecular flexibility index (Phi) is 5.50. The van der Waals surface area contributed by atoms with Gasteiger partial charge in [-0.1, -0.05) is 73.8 Å². The number of aliphatic hydroxyl groups is 1. The summed E-state index contributed by atoms with van der Waals surface area (Å²) in [7, 11) is 0. The van der Waals surface area contributed by atoms with Crippen molar-refractivity contribution in [2.24, 2.45) is 5.92 Å². The third-order valence-electron chi connectivity index (χ3n) is 3.78. The molecule has 0 bridgehead atoms. The zero-order valence-electron chi connectivity index (χ0n) is 11.5. The lowest BCUT2D eigenvalue weighted by Crippen LogP contribution is -2.18. The van der Waals surface area contributed by atoms with Crippen LogP contribution in [-0.2, 0) is 0 Å². The number of halogens is 2. The first-order valence-corrected chi connectivity index (χ1v) is 8.29. The molecule has 3 unspecified atom stereocenters. The molecule has 0 amide bonds. The molecule has 0 saturated carbocycles. The normalized spacial score (nSPS) is 15.8. The molecule has 20 heavy (non-hydrogen) atoms. The number of hydrogen-bond donors (Lipinski definition) is 1. The minimum atomic E-state index is -0.636. The molecule has 0 aliphatic carbocycles. The molecule has 0 saturated heterocycles. The molecule has 4 heteroatoms. The lowest BCUT2D eigenvalue weighted by Gasteiger charge is -2.28. The molecule has 1 N–H and O–H groups in total. The Bertz CT molecular complexity index is 553. The molecule has 1 nitrogen and oxygen atoms in total. The molecule has 2 aromatic rings. The lowest BCUT2D eigenvalue weighted by atomic mass is 9.80. The van der Waals surface area contributed by atoms with Gasteiger partial charge in [0.05, 0.1) is 10.4 Å².